The molecular weight excluding hydrogens is 450 g/mol. The van der Waals surface area contributed by atoms with Crippen molar-refractivity contribution in [2.75, 3.05) is 30.3 Å². The molecule has 6 nitrogen and oxygen atoms in total. The van der Waals surface area contributed by atoms with E-state index in [9.17, 15) is 30.8 Å². The number of sulfonamides is 1. The van der Waals surface area contributed by atoms with Crippen LogP contribution in [0, 0.1) is 22.6 Å². The lowest BCUT2D eigenvalue weighted by atomic mass is 9.70. The highest BCUT2D eigenvalue weighted by Gasteiger charge is 2.65. The van der Waals surface area contributed by atoms with Crippen LogP contribution >= 0.6 is 0 Å². The fourth-order valence-corrected chi connectivity index (χ4v) is 8.31. The Morgan fingerprint density at radius 2 is 1.94 bits per heavy atom. The molecule has 2 bridgehead atoms. The Balaban J connectivity index is 1.51. The summed E-state index contributed by atoms with van der Waals surface area (Å²) in [6, 6.07) is -0.148. The van der Waals surface area contributed by atoms with Crippen molar-refractivity contribution < 1.29 is 30.8 Å². The van der Waals surface area contributed by atoms with Crippen LogP contribution in [0.1, 0.15) is 45.6 Å². The quantitative estimate of drug-likeness (QED) is 0.621. The van der Waals surface area contributed by atoms with Crippen molar-refractivity contribution in [3.8, 4) is 0 Å². The third kappa shape index (κ3) is 3.52. The normalized spacial score (nSPS) is 30.8. The van der Waals surface area contributed by atoms with E-state index in [1.54, 1.807) is 6.92 Å². The van der Waals surface area contributed by atoms with Gasteiger partial charge in [-0.15, -0.1) is 0 Å². The SMILES string of the molecule is C[C@@H]1CN(c2ncc(C(F)(F)F)cc2F)CCN1S(=O)(=O)C[C@]12CC[C@@H](CC1=O)C2(C)C. The van der Waals surface area contributed by atoms with Gasteiger partial charge in [-0.1, -0.05) is 13.8 Å². The molecule has 3 aliphatic rings. The van der Waals surface area contributed by atoms with Crippen molar-refractivity contribution in [2.45, 2.75) is 52.3 Å². The third-order valence-electron chi connectivity index (χ3n) is 7.94. The second-order valence-corrected chi connectivity index (χ2v) is 11.8. The van der Waals surface area contributed by atoms with Crippen LogP contribution in [0.2, 0.25) is 0 Å². The number of pyridine rings is 1. The number of aromatic nitrogens is 1. The molecule has 1 aliphatic heterocycles. The maximum absolute atomic E-state index is 14.3. The number of Topliss-reactive ketones (excluding diaryl/α,β-unsaturated/α-hetero) is 1. The summed E-state index contributed by atoms with van der Waals surface area (Å²) >= 11 is 0. The molecule has 0 N–H and O–H groups in total. The number of alkyl halides is 3. The van der Waals surface area contributed by atoms with Gasteiger partial charge in [-0.3, -0.25) is 4.79 Å². The van der Waals surface area contributed by atoms with E-state index in [2.05, 4.69) is 4.98 Å². The second kappa shape index (κ2) is 7.38. The van der Waals surface area contributed by atoms with Crippen LogP contribution in [0.5, 0.6) is 0 Å². The summed E-state index contributed by atoms with van der Waals surface area (Å²) in [5.41, 5.74) is -2.44. The third-order valence-corrected chi connectivity index (χ3v) is 10.1. The molecule has 0 aromatic carbocycles. The molecule has 0 radical (unpaired) electrons. The summed E-state index contributed by atoms with van der Waals surface area (Å²) in [5, 5.41) is 0. The van der Waals surface area contributed by atoms with Crippen molar-refractivity contribution in [2.24, 2.45) is 16.7 Å². The van der Waals surface area contributed by atoms with Crippen molar-refractivity contribution in [1.82, 2.24) is 9.29 Å². The Bertz CT molecular complexity index is 1040. The summed E-state index contributed by atoms with van der Waals surface area (Å²) in [5.74, 6) is -1.35. The Hall–Kier alpha value is -1.75. The second-order valence-electron chi connectivity index (χ2n) is 9.86. The number of fused-ring (bicyclic) bond motifs is 2. The molecule has 2 aliphatic carbocycles. The Morgan fingerprint density at radius 1 is 1.25 bits per heavy atom. The topological polar surface area (TPSA) is 70.6 Å². The molecule has 1 saturated heterocycles. The average molecular weight is 478 g/mol. The molecule has 0 spiro atoms. The van der Waals surface area contributed by atoms with Crippen LogP contribution in [0.25, 0.3) is 0 Å². The van der Waals surface area contributed by atoms with Crippen LogP contribution in [0.15, 0.2) is 12.3 Å². The maximum atomic E-state index is 14.3. The summed E-state index contributed by atoms with van der Waals surface area (Å²) < 4.78 is 80.8. The molecule has 0 unspecified atom stereocenters. The van der Waals surface area contributed by atoms with Gasteiger partial charge in [0.1, 0.15) is 5.78 Å². The fraction of sp³-hybridized carbons (Fsp3) is 0.714. The predicted octanol–water partition coefficient (Wildman–Crippen LogP) is 3.48. The first-order valence-corrected chi connectivity index (χ1v) is 12.3. The zero-order valence-electron chi connectivity index (χ0n) is 18.2. The van der Waals surface area contributed by atoms with Gasteiger partial charge in [0.05, 0.1) is 11.3 Å². The number of nitrogens with zero attached hydrogens (tertiary/aromatic N) is 3. The first kappa shape index (κ1) is 23.4. The summed E-state index contributed by atoms with van der Waals surface area (Å²) in [6.07, 6.45) is -2.29. The number of rotatable bonds is 4. The number of anilines is 1. The number of carbonyl (C=O) groups excluding carboxylic acids is 1. The van der Waals surface area contributed by atoms with E-state index in [0.717, 1.165) is 6.42 Å². The first-order chi connectivity index (χ1) is 14.7. The number of piperazine rings is 1. The molecule has 1 aromatic rings. The van der Waals surface area contributed by atoms with E-state index in [0.29, 0.717) is 25.1 Å². The van der Waals surface area contributed by atoms with Crippen LogP contribution in [0.3, 0.4) is 0 Å². The maximum Gasteiger partial charge on any atom is 0.417 e. The standard InChI is InChI=1S/C21H27F4N3O3S/c1-13-11-27(18-16(22)8-15(10-26-18)21(23,24)25)6-7-28(13)32(30,31)12-20-5-4-14(9-17(20)29)19(20,2)3/h8,10,13-14H,4-7,9,11-12H2,1-3H3/t13-,14+,20-/m1/s1. The van der Waals surface area contributed by atoms with E-state index in [-0.39, 0.29) is 48.3 Å². The molecule has 32 heavy (non-hydrogen) atoms. The zero-order valence-corrected chi connectivity index (χ0v) is 19.1. The van der Waals surface area contributed by atoms with E-state index in [1.165, 1.54) is 9.21 Å². The highest BCUT2D eigenvalue weighted by atomic mass is 32.2. The molecule has 2 saturated carbocycles. The number of ketones is 1. The van der Waals surface area contributed by atoms with Gasteiger partial charge in [-0.05, 0) is 37.2 Å². The summed E-state index contributed by atoms with van der Waals surface area (Å²) in [7, 11) is -3.78. The van der Waals surface area contributed by atoms with Crippen molar-refractivity contribution in [3.05, 3.63) is 23.6 Å². The zero-order chi connectivity index (χ0) is 23.7. The van der Waals surface area contributed by atoms with Gasteiger partial charge in [0.15, 0.2) is 11.6 Å². The van der Waals surface area contributed by atoms with E-state index < -0.39 is 39.0 Å². The highest BCUT2D eigenvalue weighted by molar-refractivity contribution is 7.89. The molecule has 11 heteroatoms. The van der Waals surface area contributed by atoms with Crippen LogP contribution < -0.4 is 4.90 Å². The first-order valence-electron chi connectivity index (χ1n) is 10.7. The van der Waals surface area contributed by atoms with Crippen LogP contribution in [-0.4, -0.2) is 54.9 Å². The van der Waals surface area contributed by atoms with Gasteiger partial charge in [0, 0.05) is 43.7 Å². The minimum absolute atomic E-state index is 0.0182. The predicted molar refractivity (Wildman–Crippen MR) is 110 cm³/mol. The highest BCUT2D eigenvalue weighted by Crippen LogP contribution is 2.64. The smallest absolute Gasteiger partial charge is 0.351 e. The molecule has 0 amide bonds. The summed E-state index contributed by atoms with van der Waals surface area (Å²) in [6.45, 7) is 5.84. The molecule has 1 aromatic heterocycles. The van der Waals surface area contributed by atoms with Crippen molar-refractivity contribution >= 4 is 21.6 Å². The monoisotopic (exact) mass is 477 g/mol. The number of carbonyl (C=O) groups is 1. The Morgan fingerprint density at radius 3 is 2.44 bits per heavy atom. The summed E-state index contributed by atoms with van der Waals surface area (Å²) in [4.78, 5) is 17.9. The van der Waals surface area contributed by atoms with Gasteiger partial charge in [-0.25, -0.2) is 17.8 Å². The number of hydrogen-bond donors (Lipinski definition) is 0. The van der Waals surface area contributed by atoms with Gasteiger partial charge in [0.2, 0.25) is 10.0 Å². The fourth-order valence-electron chi connectivity index (χ4n) is 5.87. The Labute approximate surface area is 185 Å². The molecule has 2 heterocycles. The van der Waals surface area contributed by atoms with E-state index >= 15 is 0 Å². The minimum atomic E-state index is -4.70. The lowest BCUT2D eigenvalue weighted by Gasteiger charge is -2.42. The molecule has 3 fully saturated rings. The van der Waals surface area contributed by atoms with Crippen LogP contribution in [0.4, 0.5) is 23.4 Å². The largest absolute Gasteiger partial charge is 0.417 e. The van der Waals surface area contributed by atoms with Crippen molar-refractivity contribution in [1.29, 1.82) is 0 Å². The molecular formula is C21H27F4N3O3S. The average Bonchev–Trinajstić information content (AvgIpc) is 3.01. The minimum Gasteiger partial charge on any atom is -0.351 e. The van der Waals surface area contributed by atoms with Gasteiger partial charge < -0.3 is 4.90 Å². The van der Waals surface area contributed by atoms with E-state index in [1.807, 2.05) is 13.8 Å². The van der Waals surface area contributed by atoms with E-state index in [4.69, 9.17) is 0 Å². The number of halogens is 4. The lowest BCUT2D eigenvalue weighted by molar-refractivity contribution is -0.138. The lowest BCUT2D eigenvalue weighted by Crippen LogP contribution is -2.57. The van der Waals surface area contributed by atoms with Crippen LogP contribution in [-0.2, 0) is 21.0 Å². The van der Waals surface area contributed by atoms with Gasteiger partial charge >= 0.3 is 6.18 Å². The molecule has 3 atom stereocenters. The van der Waals surface area contributed by atoms with Gasteiger partial charge in [0.25, 0.3) is 0 Å². The molecule has 4 rings (SSSR count). The Kier molecular flexibility index (Phi) is 5.40. The molecule has 178 valence electrons. The number of hydrogen-bond acceptors (Lipinski definition) is 5. The van der Waals surface area contributed by atoms with Crippen molar-refractivity contribution in [3.63, 3.8) is 0 Å². The van der Waals surface area contributed by atoms with Gasteiger partial charge in [-0.2, -0.15) is 17.5 Å².